The highest BCUT2D eigenvalue weighted by Crippen LogP contribution is 2.37. The van der Waals surface area contributed by atoms with E-state index in [0.717, 1.165) is 24.1 Å². The lowest BCUT2D eigenvalue weighted by atomic mass is 10.1. The molecule has 2 heterocycles. The number of aliphatic hydroxyl groups excluding tert-OH is 1. The van der Waals surface area contributed by atoms with E-state index in [2.05, 4.69) is 4.90 Å². The van der Waals surface area contributed by atoms with Gasteiger partial charge >= 0.3 is 0 Å². The van der Waals surface area contributed by atoms with Crippen molar-refractivity contribution in [3.63, 3.8) is 0 Å². The number of ether oxygens (including phenoxy) is 2. The second-order valence-electron chi connectivity index (χ2n) is 7.55. The third kappa shape index (κ3) is 3.83. The van der Waals surface area contributed by atoms with Gasteiger partial charge in [0.1, 0.15) is 16.6 Å². The van der Waals surface area contributed by atoms with Crippen LogP contribution >= 0.6 is 11.3 Å². The van der Waals surface area contributed by atoms with Gasteiger partial charge in [-0.2, -0.15) is 0 Å². The molecule has 4 rings (SSSR count). The Kier molecular flexibility index (Phi) is 5.76. The number of aliphatic hydroxyl groups is 1. The van der Waals surface area contributed by atoms with Gasteiger partial charge in [0.25, 0.3) is 0 Å². The van der Waals surface area contributed by atoms with Crippen molar-refractivity contribution < 1.29 is 14.6 Å². The molecule has 1 saturated carbocycles. The minimum atomic E-state index is 0.257. The number of rotatable bonds is 5. The molecule has 2 aliphatic rings. The monoisotopic (exact) mass is 413 g/mol. The highest BCUT2D eigenvalue weighted by Gasteiger charge is 2.34. The van der Waals surface area contributed by atoms with Crippen molar-refractivity contribution in [2.24, 2.45) is 0 Å². The van der Waals surface area contributed by atoms with Gasteiger partial charge in [0.2, 0.25) is 0 Å². The van der Waals surface area contributed by atoms with Crippen molar-refractivity contribution >= 4 is 22.7 Å². The van der Waals surface area contributed by atoms with Crippen molar-refractivity contribution in [1.82, 2.24) is 9.88 Å². The molecule has 1 aromatic carbocycles. The molecule has 154 valence electrons. The van der Waals surface area contributed by atoms with Crippen LogP contribution in [0, 0.1) is 5.41 Å². The highest BCUT2D eigenvalue weighted by molar-refractivity contribution is 7.11. The summed E-state index contributed by atoms with van der Waals surface area (Å²) in [4.78, 5) is 6.79. The van der Waals surface area contributed by atoms with Gasteiger partial charge in [0, 0.05) is 17.0 Å². The maximum atomic E-state index is 10.6. The maximum Gasteiger partial charge on any atom is 0.161 e. The molecular formula is C22H27N3O3S. The van der Waals surface area contributed by atoms with Gasteiger partial charge in [-0.3, -0.25) is 5.41 Å². The van der Waals surface area contributed by atoms with E-state index in [1.165, 1.54) is 37.0 Å². The molecule has 1 aliphatic carbocycles. The second kappa shape index (κ2) is 8.45. The number of amidine groups is 1. The molecule has 0 bridgehead atoms. The van der Waals surface area contributed by atoms with Gasteiger partial charge < -0.3 is 19.5 Å². The fourth-order valence-electron chi connectivity index (χ4n) is 4.22. The Bertz CT molecular complexity index is 929. The quantitative estimate of drug-likeness (QED) is 0.666. The molecule has 2 aromatic rings. The average molecular weight is 414 g/mol. The molecule has 7 heteroatoms. The predicted molar refractivity (Wildman–Crippen MR) is 116 cm³/mol. The number of aromatic nitrogens is 1. The van der Waals surface area contributed by atoms with Crippen LogP contribution < -0.4 is 9.47 Å². The standard InChI is InChI=1S/C22H27N3O3S/c1-27-18-10-9-14(11-19(18)28-2)16-13-29-22(24-16)20-17(26)12-25(21(20)23)15-7-5-3-4-6-8-15/h9-11,13,15,23,26H,3-8,12H2,1-2H3. The normalized spacial score (nSPS) is 18.3. The van der Waals surface area contributed by atoms with Gasteiger partial charge in [0.05, 0.1) is 32.0 Å². The number of nitrogens with zero attached hydrogens (tertiary/aromatic N) is 2. The summed E-state index contributed by atoms with van der Waals surface area (Å²) in [7, 11) is 3.22. The molecular weight excluding hydrogens is 386 g/mol. The van der Waals surface area contributed by atoms with Gasteiger partial charge in [-0.25, -0.2) is 4.98 Å². The van der Waals surface area contributed by atoms with Crippen molar-refractivity contribution in [1.29, 1.82) is 5.41 Å². The molecule has 0 unspecified atom stereocenters. The third-order valence-electron chi connectivity index (χ3n) is 5.80. The molecule has 29 heavy (non-hydrogen) atoms. The van der Waals surface area contributed by atoms with Crippen LogP contribution in [0.15, 0.2) is 29.3 Å². The Morgan fingerprint density at radius 1 is 1.10 bits per heavy atom. The molecule has 6 nitrogen and oxygen atoms in total. The summed E-state index contributed by atoms with van der Waals surface area (Å²) in [6, 6.07) is 6.03. The van der Waals surface area contributed by atoms with Crippen molar-refractivity contribution in [2.75, 3.05) is 20.8 Å². The largest absolute Gasteiger partial charge is 0.510 e. The highest BCUT2D eigenvalue weighted by atomic mass is 32.1. The topological polar surface area (TPSA) is 78.7 Å². The summed E-state index contributed by atoms with van der Waals surface area (Å²) in [5.41, 5.74) is 2.29. The second-order valence-corrected chi connectivity index (χ2v) is 8.41. The van der Waals surface area contributed by atoms with E-state index in [-0.39, 0.29) is 5.76 Å². The van der Waals surface area contributed by atoms with Crippen LogP contribution in [0.1, 0.15) is 43.5 Å². The lowest BCUT2D eigenvalue weighted by molar-refractivity contribution is 0.274. The first kappa shape index (κ1) is 19.8. The fourth-order valence-corrected chi connectivity index (χ4v) is 5.12. The number of hydrogen-bond acceptors (Lipinski definition) is 6. The molecule has 1 aliphatic heterocycles. The lowest BCUT2D eigenvalue weighted by Gasteiger charge is -2.28. The summed E-state index contributed by atoms with van der Waals surface area (Å²) >= 11 is 1.46. The number of methoxy groups -OCH3 is 2. The summed E-state index contributed by atoms with van der Waals surface area (Å²) in [5, 5.41) is 22.0. The van der Waals surface area contributed by atoms with Crippen LogP contribution in [0.2, 0.25) is 0 Å². The van der Waals surface area contributed by atoms with E-state index in [1.54, 1.807) is 14.2 Å². The van der Waals surface area contributed by atoms with Gasteiger partial charge in [-0.15, -0.1) is 11.3 Å². The summed E-state index contributed by atoms with van der Waals surface area (Å²) in [5.74, 6) is 1.98. The van der Waals surface area contributed by atoms with Gasteiger partial charge in [0.15, 0.2) is 11.5 Å². The zero-order valence-electron chi connectivity index (χ0n) is 16.9. The zero-order chi connectivity index (χ0) is 20.4. The molecule has 1 fully saturated rings. The number of benzene rings is 1. The van der Waals surface area contributed by atoms with Crippen LogP contribution in [0.5, 0.6) is 11.5 Å². The summed E-state index contributed by atoms with van der Waals surface area (Å²) in [6.45, 7) is 0.421. The van der Waals surface area contributed by atoms with Crippen molar-refractivity contribution in [3.05, 3.63) is 34.3 Å². The molecule has 0 amide bonds. The Balaban J connectivity index is 1.57. The van der Waals surface area contributed by atoms with Crippen LogP contribution in [0.4, 0.5) is 0 Å². The maximum absolute atomic E-state index is 10.6. The third-order valence-corrected chi connectivity index (χ3v) is 6.66. The summed E-state index contributed by atoms with van der Waals surface area (Å²) in [6.07, 6.45) is 7.13. The van der Waals surface area contributed by atoms with E-state index in [1.807, 2.05) is 23.6 Å². The Morgan fingerprint density at radius 3 is 2.52 bits per heavy atom. The molecule has 0 radical (unpaired) electrons. The molecule has 1 aromatic heterocycles. The minimum Gasteiger partial charge on any atom is -0.510 e. The van der Waals surface area contributed by atoms with Gasteiger partial charge in [-0.1, -0.05) is 25.7 Å². The Labute approximate surface area is 175 Å². The first-order valence-electron chi connectivity index (χ1n) is 10.1. The van der Waals surface area contributed by atoms with E-state index >= 15 is 0 Å². The zero-order valence-corrected chi connectivity index (χ0v) is 17.7. The minimum absolute atomic E-state index is 0.257. The van der Waals surface area contributed by atoms with Crippen LogP contribution in [0.25, 0.3) is 16.8 Å². The Hall–Kier alpha value is -2.54. The fraction of sp³-hybridized carbons (Fsp3) is 0.455. The van der Waals surface area contributed by atoms with E-state index < -0.39 is 0 Å². The lowest BCUT2D eigenvalue weighted by Crippen LogP contribution is -2.37. The number of thiazole rings is 1. The molecule has 0 saturated heterocycles. The van der Waals surface area contributed by atoms with Crippen LogP contribution in [-0.4, -0.2) is 47.6 Å². The van der Waals surface area contributed by atoms with E-state index in [4.69, 9.17) is 19.9 Å². The molecule has 2 N–H and O–H groups in total. The SMILES string of the molecule is COc1ccc(-c2csc(C3=C(O)CN(C4CCCCCC4)C3=N)n2)cc1OC. The Morgan fingerprint density at radius 2 is 1.83 bits per heavy atom. The van der Waals surface area contributed by atoms with E-state index in [0.29, 0.717) is 40.5 Å². The summed E-state index contributed by atoms with van der Waals surface area (Å²) < 4.78 is 10.7. The number of hydrogen-bond donors (Lipinski definition) is 2. The van der Waals surface area contributed by atoms with Crippen LogP contribution in [-0.2, 0) is 0 Å². The first-order chi connectivity index (χ1) is 14.1. The van der Waals surface area contributed by atoms with Gasteiger partial charge in [-0.05, 0) is 31.0 Å². The van der Waals surface area contributed by atoms with Crippen LogP contribution in [0.3, 0.4) is 0 Å². The first-order valence-corrected chi connectivity index (χ1v) is 11.0. The van der Waals surface area contributed by atoms with E-state index in [9.17, 15) is 5.11 Å². The average Bonchev–Trinajstić information content (AvgIpc) is 3.21. The predicted octanol–water partition coefficient (Wildman–Crippen LogP) is 5.11. The molecule has 0 spiro atoms. The van der Waals surface area contributed by atoms with Crippen molar-refractivity contribution in [3.8, 4) is 22.8 Å². The molecule has 0 atom stereocenters. The smallest absolute Gasteiger partial charge is 0.161 e. The number of nitrogens with one attached hydrogen (secondary N) is 1. The van der Waals surface area contributed by atoms with Crippen molar-refractivity contribution in [2.45, 2.75) is 44.6 Å².